The summed E-state index contributed by atoms with van der Waals surface area (Å²) in [6.07, 6.45) is 0. The van der Waals surface area contributed by atoms with Gasteiger partial charge in [0, 0.05) is 36.9 Å². The quantitative estimate of drug-likeness (QED) is 0.180. The zero-order valence-corrected chi connectivity index (χ0v) is 27.4. The summed E-state index contributed by atoms with van der Waals surface area (Å²) in [5.74, 6) is 0.713. The van der Waals surface area contributed by atoms with Gasteiger partial charge in [0.05, 0.1) is 11.4 Å². The summed E-state index contributed by atoms with van der Waals surface area (Å²) in [7, 11) is 0. The number of aromatic nitrogens is 2. The Morgan fingerprint density at radius 3 is 1.57 bits per heavy atom. The number of fused-ring (bicyclic) bond motifs is 3. The first-order valence-electron chi connectivity index (χ1n) is 16.5. The Bertz CT molecular complexity index is 2510. The summed E-state index contributed by atoms with van der Waals surface area (Å²) in [4.78, 5) is 10.1. The normalized spacial score (nSPS) is 11.3. The molecule has 0 atom stereocenters. The van der Waals surface area contributed by atoms with Crippen LogP contribution in [0.15, 0.2) is 182 Å². The topological polar surface area (TPSA) is 25.8 Å². The molecule has 0 aliphatic rings. The molecule has 2 nitrogen and oxygen atoms in total. The van der Waals surface area contributed by atoms with E-state index in [0.717, 1.165) is 39.2 Å². The lowest BCUT2D eigenvalue weighted by Crippen LogP contribution is -1.96. The summed E-state index contributed by atoms with van der Waals surface area (Å²) >= 11 is 1.85. The maximum absolute atomic E-state index is 5.12. The highest BCUT2D eigenvalue weighted by Gasteiger charge is 2.15. The molecule has 9 rings (SSSR count). The van der Waals surface area contributed by atoms with E-state index in [1.54, 1.807) is 0 Å². The van der Waals surface area contributed by atoms with Gasteiger partial charge in [-0.3, -0.25) is 0 Å². The van der Waals surface area contributed by atoms with E-state index < -0.39 is 0 Å². The van der Waals surface area contributed by atoms with E-state index in [4.69, 9.17) is 9.97 Å². The fraction of sp³-hybridized carbons (Fsp3) is 0. The molecule has 0 amide bonds. The van der Waals surface area contributed by atoms with Crippen LogP contribution in [0, 0.1) is 0 Å². The van der Waals surface area contributed by atoms with Gasteiger partial charge < -0.3 is 0 Å². The first-order valence-corrected chi connectivity index (χ1v) is 17.3. The third kappa shape index (κ3) is 5.61. The van der Waals surface area contributed by atoms with Crippen molar-refractivity contribution in [2.24, 2.45) is 0 Å². The number of hydrogen-bond donors (Lipinski definition) is 0. The molecule has 0 spiro atoms. The summed E-state index contributed by atoms with van der Waals surface area (Å²) in [5, 5.41) is 2.64. The Morgan fingerprint density at radius 1 is 0.306 bits per heavy atom. The molecule has 0 N–H and O–H groups in total. The molecular weight excluding hydrogens is 613 g/mol. The van der Waals surface area contributed by atoms with Gasteiger partial charge in [0.2, 0.25) is 0 Å². The minimum atomic E-state index is 0.713. The third-order valence-corrected chi connectivity index (χ3v) is 10.3. The first-order chi connectivity index (χ1) is 24.3. The predicted octanol–water partition coefficient (Wildman–Crippen LogP) is 12.8. The molecule has 0 saturated carbocycles. The van der Waals surface area contributed by atoms with Crippen LogP contribution in [0.4, 0.5) is 0 Å². The van der Waals surface area contributed by atoms with Gasteiger partial charge >= 0.3 is 0 Å². The van der Waals surface area contributed by atoms with Gasteiger partial charge in [-0.2, -0.15) is 0 Å². The zero-order chi connectivity index (χ0) is 32.6. The smallest absolute Gasteiger partial charge is 0.160 e. The van der Waals surface area contributed by atoms with Gasteiger partial charge in [-0.1, -0.05) is 152 Å². The van der Waals surface area contributed by atoms with E-state index >= 15 is 0 Å². The number of benzene rings is 7. The van der Waals surface area contributed by atoms with Gasteiger partial charge in [0.1, 0.15) is 0 Å². The van der Waals surface area contributed by atoms with Crippen molar-refractivity contribution in [1.29, 1.82) is 0 Å². The van der Waals surface area contributed by atoms with E-state index in [2.05, 4.69) is 158 Å². The standard InChI is InChI=1S/C46H30N2S/c1-4-12-32(13-5-1)38-26-24-37(43-30-42(34-14-6-2-7-15-34)47-46(48-43)35-16-8-3-9-17-35)29-40(38)33-22-20-31(21-23-33)36-25-27-45-41(28-36)39-18-10-11-19-44(39)49-45/h1-30H. The predicted molar refractivity (Wildman–Crippen MR) is 208 cm³/mol. The van der Waals surface area contributed by atoms with Crippen molar-refractivity contribution in [3.63, 3.8) is 0 Å². The molecule has 7 aromatic carbocycles. The molecule has 0 aliphatic carbocycles. The van der Waals surface area contributed by atoms with E-state index in [1.165, 1.54) is 42.4 Å². The van der Waals surface area contributed by atoms with Crippen molar-refractivity contribution in [2.45, 2.75) is 0 Å². The van der Waals surface area contributed by atoms with E-state index in [1.807, 2.05) is 35.6 Å². The third-order valence-electron chi connectivity index (χ3n) is 9.13. The number of nitrogens with zero attached hydrogens (tertiary/aromatic N) is 2. The summed E-state index contributed by atoms with van der Waals surface area (Å²) in [5.41, 5.74) is 12.0. The van der Waals surface area contributed by atoms with Crippen LogP contribution in [0.2, 0.25) is 0 Å². The molecule has 49 heavy (non-hydrogen) atoms. The van der Waals surface area contributed by atoms with Crippen molar-refractivity contribution >= 4 is 31.5 Å². The van der Waals surface area contributed by atoms with Gasteiger partial charge in [-0.05, 0) is 63.7 Å². The molecule has 0 radical (unpaired) electrons. The summed E-state index contributed by atoms with van der Waals surface area (Å²) < 4.78 is 2.65. The Morgan fingerprint density at radius 2 is 0.837 bits per heavy atom. The van der Waals surface area contributed by atoms with E-state index in [0.29, 0.717) is 5.82 Å². The highest BCUT2D eigenvalue weighted by molar-refractivity contribution is 7.25. The highest BCUT2D eigenvalue weighted by Crippen LogP contribution is 2.39. The lowest BCUT2D eigenvalue weighted by Gasteiger charge is -2.15. The fourth-order valence-corrected chi connectivity index (χ4v) is 7.71. The van der Waals surface area contributed by atoms with Crippen LogP contribution in [0.25, 0.3) is 87.5 Å². The molecule has 230 valence electrons. The average Bonchev–Trinajstić information content (AvgIpc) is 3.57. The average molecular weight is 643 g/mol. The molecule has 0 aliphatic heterocycles. The number of thiophene rings is 1. The van der Waals surface area contributed by atoms with Gasteiger partial charge in [0.25, 0.3) is 0 Å². The fourth-order valence-electron chi connectivity index (χ4n) is 6.63. The van der Waals surface area contributed by atoms with Crippen molar-refractivity contribution < 1.29 is 0 Å². The second kappa shape index (κ2) is 12.5. The maximum atomic E-state index is 5.12. The molecule has 9 aromatic rings. The molecule has 0 unspecified atom stereocenters. The monoisotopic (exact) mass is 642 g/mol. The van der Waals surface area contributed by atoms with Crippen LogP contribution in [0.1, 0.15) is 0 Å². The Balaban J connectivity index is 1.16. The summed E-state index contributed by atoms with van der Waals surface area (Å²) in [6.45, 7) is 0. The number of hydrogen-bond acceptors (Lipinski definition) is 3. The Kier molecular flexibility index (Phi) is 7.38. The highest BCUT2D eigenvalue weighted by atomic mass is 32.1. The summed E-state index contributed by atoms with van der Waals surface area (Å²) in [6, 6.07) is 64.5. The molecular formula is C46H30N2S. The second-order valence-electron chi connectivity index (χ2n) is 12.2. The largest absolute Gasteiger partial charge is 0.228 e. The van der Waals surface area contributed by atoms with E-state index in [-0.39, 0.29) is 0 Å². The molecule has 2 heterocycles. The van der Waals surface area contributed by atoms with Crippen LogP contribution in [-0.2, 0) is 0 Å². The Hall–Kier alpha value is -6.16. The van der Waals surface area contributed by atoms with Gasteiger partial charge in [-0.25, -0.2) is 9.97 Å². The molecule has 2 aromatic heterocycles. The van der Waals surface area contributed by atoms with Gasteiger partial charge in [-0.15, -0.1) is 11.3 Å². The molecule has 3 heteroatoms. The minimum absolute atomic E-state index is 0.713. The molecule has 0 fully saturated rings. The van der Waals surface area contributed by atoms with Crippen molar-refractivity contribution in [2.75, 3.05) is 0 Å². The van der Waals surface area contributed by atoms with Crippen molar-refractivity contribution in [3.8, 4) is 67.3 Å². The lowest BCUT2D eigenvalue weighted by atomic mass is 9.91. The maximum Gasteiger partial charge on any atom is 0.160 e. The zero-order valence-electron chi connectivity index (χ0n) is 26.6. The molecule has 0 saturated heterocycles. The van der Waals surface area contributed by atoms with Crippen LogP contribution < -0.4 is 0 Å². The van der Waals surface area contributed by atoms with Crippen LogP contribution >= 0.6 is 11.3 Å². The first kappa shape index (κ1) is 29.0. The van der Waals surface area contributed by atoms with Crippen LogP contribution in [-0.4, -0.2) is 9.97 Å². The second-order valence-corrected chi connectivity index (χ2v) is 13.3. The minimum Gasteiger partial charge on any atom is -0.228 e. The SMILES string of the molecule is c1ccc(-c2cc(-c3ccc(-c4ccccc4)c(-c4ccc(-c5ccc6sc7ccccc7c6c5)cc4)c3)nc(-c3ccccc3)n2)cc1. The molecule has 0 bridgehead atoms. The van der Waals surface area contributed by atoms with Crippen molar-refractivity contribution in [3.05, 3.63) is 182 Å². The lowest BCUT2D eigenvalue weighted by molar-refractivity contribution is 1.18. The van der Waals surface area contributed by atoms with Gasteiger partial charge in [0.15, 0.2) is 5.82 Å². The van der Waals surface area contributed by atoms with Crippen LogP contribution in [0.5, 0.6) is 0 Å². The van der Waals surface area contributed by atoms with Crippen LogP contribution in [0.3, 0.4) is 0 Å². The number of rotatable bonds is 6. The van der Waals surface area contributed by atoms with Crippen molar-refractivity contribution in [1.82, 2.24) is 9.97 Å². The van der Waals surface area contributed by atoms with E-state index in [9.17, 15) is 0 Å². The Labute approximate surface area is 289 Å².